The second-order valence-corrected chi connectivity index (χ2v) is 7.13. The molecule has 1 N–H and O–H groups in total. The molecular formula is C22H28N2O2. The predicted octanol–water partition coefficient (Wildman–Crippen LogP) is 3.94. The van der Waals surface area contributed by atoms with Crippen LogP contribution in [0.3, 0.4) is 0 Å². The number of hydrogen-bond donors (Lipinski definition) is 1. The zero-order valence-corrected chi connectivity index (χ0v) is 16.1. The van der Waals surface area contributed by atoms with Crippen LogP contribution in [0.5, 0.6) is 0 Å². The summed E-state index contributed by atoms with van der Waals surface area (Å²) in [5.41, 5.74) is 6.75. The molecular weight excluding hydrogens is 324 g/mol. The number of benzene rings is 2. The molecule has 1 amide bonds. The lowest BCUT2D eigenvalue weighted by Gasteiger charge is -2.28. The zero-order valence-electron chi connectivity index (χ0n) is 16.1. The topological polar surface area (TPSA) is 41.6 Å². The Morgan fingerprint density at radius 1 is 1.00 bits per heavy atom. The Labute approximate surface area is 156 Å². The van der Waals surface area contributed by atoms with Gasteiger partial charge < -0.3 is 15.0 Å². The van der Waals surface area contributed by atoms with E-state index in [4.69, 9.17) is 4.74 Å². The van der Waals surface area contributed by atoms with E-state index in [9.17, 15) is 4.79 Å². The van der Waals surface area contributed by atoms with Gasteiger partial charge in [0.1, 0.15) is 0 Å². The second-order valence-electron chi connectivity index (χ2n) is 7.13. The maximum atomic E-state index is 12.6. The third-order valence-electron chi connectivity index (χ3n) is 5.20. The van der Waals surface area contributed by atoms with Gasteiger partial charge in [0.15, 0.2) is 0 Å². The van der Waals surface area contributed by atoms with Crippen LogP contribution in [-0.2, 0) is 4.74 Å². The fraction of sp³-hybridized carbons (Fsp3) is 0.409. The molecule has 2 aromatic rings. The number of hydrogen-bond acceptors (Lipinski definition) is 3. The molecule has 0 saturated carbocycles. The van der Waals surface area contributed by atoms with E-state index in [0.717, 1.165) is 32.0 Å². The summed E-state index contributed by atoms with van der Waals surface area (Å²) in [4.78, 5) is 14.9. The SMILES string of the molecule is Cc1cc(C)c([C@H](C)NC(=O)c2ccc(N3CCOCC3)cc2)cc1C. The Bertz CT molecular complexity index is 777. The number of nitrogens with zero attached hydrogens (tertiary/aromatic N) is 1. The Balaban J connectivity index is 1.68. The highest BCUT2D eigenvalue weighted by Crippen LogP contribution is 2.22. The average Bonchev–Trinajstić information content (AvgIpc) is 2.65. The normalized spacial score (nSPS) is 15.6. The summed E-state index contributed by atoms with van der Waals surface area (Å²) in [6, 6.07) is 12.2. The van der Waals surface area contributed by atoms with Gasteiger partial charge >= 0.3 is 0 Å². The van der Waals surface area contributed by atoms with Crippen molar-refractivity contribution in [2.24, 2.45) is 0 Å². The minimum Gasteiger partial charge on any atom is -0.378 e. The van der Waals surface area contributed by atoms with Gasteiger partial charge in [0.05, 0.1) is 19.3 Å². The van der Waals surface area contributed by atoms with Crippen LogP contribution in [0.2, 0.25) is 0 Å². The lowest BCUT2D eigenvalue weighted by atomic mass is 9.96. The minimum atomic E-state index is -0.0383. The molecule has 26 heavy (non-hydrogen) atoms. The first-order valence-electron chi connectivity index (χ1n) is 9.27. The van der Waals surface area contributed by atoms with Crippen molar-refractivity contribution in [1.82, 2.24) is 5.32 Å². The van der Waals surface area contributed by atoms with E-state index in [1.165, 1.54) is 22.3 Å². The molecule has 1 saturated heterocycles. The van der Waals surface area contributed by atoms with E-state index < -0.39 is 0 Å². The van der Waals surface area contributed by atoms with Crippen LogP contribution in [0, 0.1) is 20.8 Å². The van der Waals surface area contributed by atoms with Gasteiger partial charge in [-0.05, 0) is 74.2 Å². The Kier molecular flexibility index (Phi) is 5.62. The number of aryl methyl sites for hydroxylation is 3. The summed E-state index contributed by atoms with van der Waals surface area (Å²) in [6.45, 7) is 11.7. The van der Waals surface area contributed by atoms with Gasteiger partial charge in [0.2, 0.25) is 0 Å². The van der Waals surface area contributed by atoms with Crippen molar-refractivity contribution in [2.75, 3.05) is 31.2 Å². The molecule has 1 aliphatic heterocycles. The van der Waals surface area contributed by atoms with Crippen LogP contribution >= 0.6 is 0 Å². The molecule has 0 spiro atoms. The first-order valence-corrected chi connectivity index (χ1v) is 9.27. The largest absolute Gasteiger partial charge is 0.378 e. The van der Waals surface area contributed by atoms with Crippen molar-refractivity contribution < 1.29 is 9.53 Å². The van der Waals surface area contributed by atoms with Crippen molar-refractivity contribution in [3.8, 4) is 0 Å². The Morgan fingerprint density at radius 3 is 2.27 bits per heavy atom. The number of ether oxygens (including phenoxy) is 1. The molecule has 0 radical (unpaired) electrons. The van der Waals surface area contributed by atoms with Gasteiger partial charge in [-0.2, -0.15) is 0 Å². The second kappa shape index (κ2) is 7.92. The molecule has 2 aromatic carbocycles. The molecule has 0 aromatic heterocycles. The number of carbonyl (C=O) groups excluding carboxylic acids is 1. The van der Waals surface area contributed by atoms with Crippen molar-refractivity contribution in [1.29, 1.82) is 0 Å². The van der Waals surface area contributed by atoms with Crippen molar-refractivity contribution in [3.63, 3.8) is 0 Å². The fourth-order valence-electron chi connectivity index (χ4n) is 3.45. The van der Waals surface area contributed by atoms with E-state index in [1.54, 1.807) is 0 Å². The van der Waals surface area contributed by atoms with Gasteiger partial charge in [0, 0.05) is 24.3 Å². The Morgan fingerprint density at radius 2 is 1.62 bits per heavy atom. The maximum Gasteiger partial charge on any atom is 0.251 e. The zero-order chi connectivity index (χ0) is 18.7. The van der Waals surface area contributed by atoms with Crippen LogP contribution in [0.15, 0.2) is 36.4 Å². The summed E-state index contributed by atoms with van der Waals surface area (Å²) in [7, 11) is 0. The van der Waals surface area contributed by atoms with Crippen molar-refractivity contribution in [3.05, 3.63) is 64.2 Å². The van der Waals surface area contributed by atoms with Gasteiger partial charge in [0.25, 0.3) is 5.91 Å². The summed E-state index contributed by atoms with van der Waals surface area (Å²) >= 11 is 0. The maximum absolute atomic E-state index is 12.6. The first kappa shape index (κ1) is 18.5. The summed E-state index contributed by atoms with van der Waals surface area (Å²) in [6.07, 6.45) is 0. The molecule has 1 atom stereocenters. The summed E-state index contributed by atoms with van der Waals surface area (Å²) < 4.78 is 5.39. The Hall–Kier alpha value is -2.33. The van der Waals surface area contributed by atoms with Crippen molar-refractivity contribution >= 4 is 11.6 Å². The minimum absolute atomic E-state index is 0.0271. The molecule has 4 nitrogen and oxygen atoms in total. The standard InChI is InChI=1S/C22H28N2O2/c1-15-13-17(3)21(14-16(15)2)18(4)23-22(25)19-5-7-20(8-6-19)24-9-11-26-12-10-24/h5-8,13-14,18H,9-12H2,1-4H3,(H,23,25)/t18-/m0/s1. The van der Waals surface area contributed by atoms with E-state index in [-0.39, 0.29) is 11.9 Å². The molecule has 1 heterocycles. The molecule has 4 heteroatoms. The smallest absolute Gasteiger partial charge is 0.251 e. The third kappa shape index (κ3) is 4.07. The average molecular weight is 352 g/mol. The molecule has 3 rings (SSSR count). The summed E-state index contributed by atoms with van der Waals surface area (Å²) in [5.74, 6) is -0.0383. The number of morpholine rings is 1. The molecule has 1 fully saturated rings. The number of nitrogens with one attached hydrogen (secondary N) is 1. The molecule has 1 aliphatic rings. The van der Waals surface area contributed by atoms with Gasteiger partial charge in [-0.3, -0.25) is 4.79 Å². The molecule has 0 aliphatic carbocycles. The first-order chi connectivity index (χ1) is 12.5. The lowest BCUT2D eigenvalue weighted by molar-refractivity contribution is 0.0939. The van der Waals surface area contributed by atoms with Crippen LogP contribution in [0.1, 0.15) is 45.6 Å². The highest BCUT2D eigenvalue weighted by molar-refractivity contribution is 5.94. The highest BCUT2D eigenvalue weighted by atomic mass is 16.5. The quantitative estimate of drug-likeness (QED) is 0.906. The number of carbonyl (C=O) groups is 1. The summed E-state index contributed by atoms with van der Waals surface area (Å²) in [5, 5.41) is 3.13. The van der Waals surface area contributed by atoms with Gasteiger partial charge in [-0.1, -0.05) is 12.1 Å². The van der Waals surface area contributed by atoms with Gasteiger partial charge in [-0.25, -0.2) is 0 Å². The number of anilines is 1. The van der Waals surface area contributed by atoms with E-state index in [0.29, 0.717) is 5.56 Å². The van der Waals surface area contributed by atoms with Gasteiger partial charge in [-0.15, -0.1) is 0 Å². The fourth-order valence-corrected chi connectivity index (χ4v) is 3.45. The third-order valence-corrected chi connectivity index (χ3v) is 5.20. The predicted molar refractivity (Wildman–Crippen MR) is 106 cm³/mol. The van der Waals surface area contributed by atoms with Crippen LogP contribution < -0.4 is 10.2 Å². The molecule has 138 valence electrons. The number of rotatable bonds is 4. The van der Waals surface area contributed by atoms with E-state index >= 15 is 0 Å². The van der Waals surface area contributed by atoms with E-state index in [2.05, 4.69) is 43.1 Å². The van der Waals surface area contributed by atoms with Crippen LogP contribution in [0.4, 0.5) is 5.69 Å². The molecule has 0 bridgehead atoms. The lowest BCUT2D eigenvalue weighted by Crippen LogP contribution is -2.36. The van der Waals surface area contributed by atoms with Crippen LogP contribution in [0.25, 0.3) is 0 Å². The number of amides is 1. The monoisotopic (exact) mass is 352 g/mol. The molecule has 0 unspecified atom stereocenters. The van der Waals surface area contributed by atoms with Crippen LogP contribution in [-0.4, -0.2) is 32.2 Å². The highest BCUT2D eigenvalue weighted by Gasteiger charge is 2.15. The van der Waals surface area contributed by atoms with Crippen molar-refractivity contribution in [2.45, 2.75) is 33.7 Å². The van der Waals surface area contributed by atoms with E-state index in [1.807, 2.05) is 31.2 Å².